The summed E-state index contributed by atoms with van der Waals surface area (Å²) in [6.07, 6.45) is 3.08. The Labute approximate surface area is 138 Å². The van der Waals surface area contributed by atoms with E-state index >= 15 is 0 Å². The predicted octanol–water partition coefficient (Wildman–Crippen LogP) is 2.81. The van der Waals surface area contributed by atoms with Gasteiger partial charge in [-0.2, -0.15) is 4.98 Å². The molecule has 2 atom stereocenters. The number of carbonyl (C=O) groups excluding carboxylic acids is 1. The van der Waals surface area contributed by atoms with Gasteiger partial charge in [0, 0.05) is 18.3 Å². The van der Waals surface area contributed by atoms with Crippen LogP contribution in [-0.2, 0) is 16.0 Å². The highest BCUT2D eigenvalue weighted by Crippen LogP contribution is 2.36. The Morgan fingerprint density at radius 3 is 3.26 bits per heavy atom. The largest absolute Gasteiger partial charge is 0.372 e. The minimum Gasteiger partial charge on any atom is -0.372 e. The average molecular weight is 333 g/mol. The quantitative estimate of drug-likeness (QED) is 0.864. The third-order valence-corrected chi connectivity index (χ3v) is 5.59. The molecule has 2 aromatic heterocycles. The van der Waals surface area contributed by atoms with Crippen LogP contribution in [0.1, 0.15) is 53.6 Å². The second-order valence-corrected chi connectivity index (χ2v) is 6.99. The number of hydrogen-bond donors (Lipinski definition) is 0. The van der Waals surface area contributed by atoms with Crippen LogP contribution in [0.4, 0.5) is 0 Å². The number of ether oxygens (including phenoxy) is 1. The molecule has 7 heteroatoms. The first-order valence-corrected chi connectivity index (χ1v) is 8.88. The number of aryl methyl sites for hydroxylation is 1. The van der Waals surface area contributed by atoms with E-state index in [1.54, 1.807) is 18.3 Å². The number of rotatable bonds is 3. The highest BCUT2D eigenvalue weighted by atomic mass is 32.1. The van der Waals surface area contributed by atoms with E-state index in [1.807, 2.05) is 4.90 Å². The van der Waals surface area contributed by atoms with Gasteiger partial charge in [0.1, 0.15) is 6.10 Å². The molecule has 1 saturated heterocycles. The molecule has 4 heterocycles. The Morgan fingerprint density at radius 1 is 1.52 bits per heavy atom. The summed E-state index contributed by atoms with van der Waals surface area (Å²) in [5.41, 5.74) is 1.32. The highest BCUT2D eigenvalue weighted by molar-refractivity contribution is 7.10. The second kappa shape index (κ2) is 6.05. The number of thiophene rings is 1. The van der Waals surface area contributed by atoms with Crippen molar-refractivity contribution in [3.63, 3.8) is 0 Å². The van der Waals surface area contributed by atoms with Crippen molar-refractivity contribution in [1.29, 1.82) is 0 Å². The molecular formula is C16H19N3O3S. The first-order chi connectivity index (χ1) is 11.2. The van der Waals surface area contributed by atoms with Gasteiger partial charge in [0.2, 0.25) is 11.8 Å². The van der Waals surface area contributed by atoms with Crippen molar-refractivity contribution >= 4 is 17.2 Å². The number of aromatic nitrogens is 2. The zero-order valence-electron chi connectivity index (χ0n) is 13.0. The fourth-order valence-electron chi connectivity index (χ4n) is 3.43. The molecule has 122 valence electrons. The summed E-state index contributed by atoms with van der Waals surface area (Å²) in [5.74, 6) is 1.27. The van der Waals surface area contributed by atoms with Crippen LogP contribution in [0.15, 0.2) is 16.0 Å². The molecule has 4 rings (SSSR count). The summed E-state index contributed by atoms with van der Waals surface area (Å²) in [6, 6.07) is 2.08. The lowest BCUT2D eigenvalue weighted by Gasteiger charge is -2.27. The summed E-state index contributed by atoms with van der Waals surface area (Å²) in [6.45, 7) is 3.21. The third-order valence-electron chi connectivity index (χ3n) is 4.54. The Hall–Kier alpha value is -1.73. The van der Waals surface area contributed by atoms with Crippen molar-refractivity contribution in [2.75, 3.05) is 13.2 Å². The lowest BCUT2D eigenvalue weighted by molar-refractivity contribution is -0.135. The molecule has 6 nitrogen and oxygen atoms in total. The second-order valence-electron chi connectivity index (χ2n) is 6.04. The standard InChI is InChI=1S/C16H19N3O3S/c1-10-17-16(18-22-10)12-3-2-6-19(12)14(20)9-13-15-11(4-7-21-13)5-8-23-15/h5,8,12-13H,2-4,6-7,9H2,1H3/t12-,13+/m1/s1. The zero-order valence-corrected chi connectivity index (χ0v) is 13.8. The van der Waals surface area contributed by atoms with Crippen molar-refractivity contribution < 1.29 is 14.1 Å². The van der Waals surface area contributed by atoms with Crippen LogP contribution >= 0.6 is 11.3 Å². The maximum atomic E-state index is 12.8. The highest BCUT2D eigenvalue weighted by Gasteiger charge is 2.35. The van der Waals surface area contributed by atoms with Crippen LogP contribution in [0, 0.1) is 6.92 Å². The topological polar surface area (TPSA) is 68.5 Å². The molecule has 0 aliphatic carbocycles. The van der Waals surface area contributed by atoms with E-state index < -0.39 is 0 Å². The number of amides is 1. The summed E-state index contributed by atoms with van der Waals surface area (Å²) < 4.78 is 10.9. The SMILES string of the molecule is Cc1nc([C@H]2CCCN2C(=O)C[C@@H]2OCCc3ccsc32)no1. The Kier molecular flexibility index (Phi) is 3.90. The van der Waals surface area contributed by atoms with Gasteiger partial charge < -0.3 is 14.2 Å². The van der Waals surface area contributed by atoms with Gasteiger partial charge in [-0.3, -0.25) is 4.79 Å². The molecular weight excluding hydrogens is 314 g/mol. The van der Waals surface area contributed by atoms with Gasteiger partial charge >= 0.3 is 0 Å². The monoisotopic (exact) mass is 333 g/mol. The maximum absolute atomic E-state index is 12.8. The van der Waals surface area contributed by atoms with Gasteiger partial charge in [0.25, 0.3) is 0 Å². The molecule has 0 spiro atoms. The summed E-state index contributed by atoms with van der Waals surface area (Å²) in [4.78, 5) is 20.2. The lowest BCUT2D eigenvalue weighted by atomic mass is 10.0. The zero-order chi connectivity index (χ0) is 15.8. The number of hydrogen-bond acceptors (Lipinski definition) is 6. The fraction of sp³-hybridized carbons (Fsp3) is 0.562. The van der Waals surface area contributed by atoms with Gasteiger partial charge in [0.05, 0.1) is 19.1 Å². The third kappa shape index (κ3) is 2.79. The maximum Gasteiger partial charge on any atom is 0.226 e. The van der Waals surface area contributed by atoms with Crippen molar-refractivity contribution in [1.82, 2.24) is 15.0 Å². The van der Waals surface area contributed by atoms with Crippen LogP contribution in [0.25, 0.3) is 0 Å². The number of likely N-dealkylation sites (tertiary alicyclic amines) is 1. The van der Waals surface area contributed by atoms with Crippen LogP contribution in [0.5, 0.6) is 0 Å². The number of nitrogens with zero attached hydrogens (tertiary/aromatic N) is 3. The lowest BCUT2D eigenvalue weighted by Crippen LogP contribution is -2.33. The molecule has 2 aliphatic heterocycles. The number of carbonyl (C=O) groups is 1. The molecule has 0 saturated carbocycles. The van der Waals surface area contributed by atoms with Gasteiger partial charge in [-0.25, -0.2) is 0 Å². The molecule has 0 unspecified atom stereocenters. The van der Waals surface area contributed by atoms with Gasteiger partial charge in [0.15, 0.2) is 5.82 Å². The van der Waals surface area contributed by atoms with Crippen LogP contribution < -0.4 is 0 Å². The molecule has 1 fully saturated rings. The van der Waals surface area contributed by atoms with E-state index in [0.717, 1.165) is 25.8 Å². The summed E-state index contributed by atoms with van der Waals surface area (Å²) in [7, 11) is 0. The Bertz CT molecular complexity index is 711. The molecule has 0 radical (unpaired) electrons. The molecule has 2 aromatic rings. The van der Waals surface area contributed by atoms with E-state index in [4.69, 9.17) is 9.26 Å². The Balaban J connectivity index is 1.49. The smallest absolute Gasteiger partial charge is 0.226 e. The van der Waals surface area contributed by atoms with Crippen molar-refractivity contribution in [2.24, 2.45) is 0 Å². The molecule has 0 aromatic carbocycles. The van der Waals surface area contributed by atoms with Crippen LogP contribution in [0.2, 0.25) is 0 Å². The van der Waals surface area contributed by atoms with E-state index in [-0.39, 0.29) is 18.1 Å². The van der Waals surface area contributed by atoms with E-state index in [1.165, 1.54) is 10.4 Å². The minimum absolute atomic E-state index is 0.0636. The molecule has 23 heavy (non-hydrogen) atoms. The van der Waals surface area contributed by atoms with Gasteiger partial charge in [-0.15, -0.1) is 11.3 Å². The summed E-state index contributed by atoms with van der Waals surface area (Å²) >= 11 is 1.68. The van der Waals surface area contributed by atoms with Gasteiger partial charge in [-0.1, -0.05) is 5.16 Å². The molecule has 2 aliphatic rings. The normalized spacial score (nSPS) is 24.0. The predicted molar refractivity (Wildman–Crippen MR) is 84.1 cm³/mol. The van der Waals surface area contributed by atoms with E-state index in [0.29, 0.717) is 24.7 Å². The van der Waals surface area contributed by atoms with Crippen molar-refractivity contribution in [2.45, 2.75) is 44.8 Å². The minimum atomic E-state index is -0.112. The average Bonchev–Trinajstić information content (AvgIpc) is 3.26. The Morgan fingerprint density at radius 2 is 2.43 bits per heavy atom. The first-order valence-electron chi connectivity index (χ1n) is 8.00. The van der Waals surface area contributed by atoms with E-state index in [2.05, 4.69) is 21.6 Å². The molecule has 0 N–H and O–H groups in total. The fourth-order valence-corrected chi connectivity index (χ4v) is 4.44. The molecule has 0 bridgehead atoms. The first kappa shape index (κ1) is 14.8. The molecule has 1 amide bonds. The van der Waals surface area contributed by atoms with Crippen LogP contribution in [0.3, 0.4) is 0 Å². The van der Waals surface area contributed by atoms with Crippen LogP contribution in [-0.4, -0.2) is 34.1 Å². The van der Waals surface area contributed by atoms with E-state index in [9.17, 15) is 4.79 Å². The van der Waals surface area contributed by atoms with Crippen molar-refractivity contribution in [3.05, 3.63) is 33.6 Å². The van der Waals surface area contributed by atoms with Gasteiger partial charge in [-0.05, 0) is 36.3 Å². The van der Waals surface area contributed by atoms with Crippen molar-refractivity contribution in [3.8, 4) is 0 Å². The number of fused-ring (bicyclic) bond motifs is 1. The summed E-state index contributed by atoms with van der Waals surface area (Å²) in [5, 5.41) is 6.08.